The van der Waals surface area contributed by atoms with Crippen molar-refractivity contribution in [1.82, 2.24) is 5.32 Å². The lowest BCUT2D eigenvalue weighted by molar-refractivity contribution is -0.118. The van der Waals surface area contributed by atoms with Gasteiger partial charge < -0.3 is 14.8 Å². The molecule has 0 spiro atoms. The fraction of sp³-hybridized carbons (Fsp3) is 0.533. The standard InChI is InChI=1S/C15H21NO5S/c1-10(2)11(3)22(18,19)8-15(17)16-7-12-4-5-13-14(6-12)21-9-20-13/h4-6,10-11H,7-9H2,1-3H3,(H,16,17)/t11-/m1/s1. The van der Waals surface area contributed by atoms with Crippen LogP contribution >= 0.6 is 0 Å². The molecule has 0 aliphatic carbocycles. The molecule has 0 aromatic heterocycles. The predicted molar refractivity (Wildman–Crippen MR) is 82.5 cm³/mol. The van der Waals surface area contributed by atoms with Gasteiger partial charge in [-0.15, -0.1) is 0 Å². The van der Waals surface area contributed by atoms with Gasteiger partial charge in [-0.1, -0.05) is 19.9 Å². The predicted octanol–water partition coefficient (Wildman–Crippen LogP) is 1.49. The summed E-state index contributed by atoms with van der Waals surface area (Å²) >= 11 is 0. The monoisotopic (exact) mass is 327 g/mol. The van der Waals surface area contributed by atoms with Crippen LogP contribution in [0.15, 0.2) is 18.2 Å². The zero-order valence-electron chi connectivity index (χ0n) is 13.0. The van der Waals surface area contributed by atoms with Gasteiger partial charge in [0.15, 0.2) is 21.3 Å². The molecule has 1 aliphatic heterocycles. The van der Waals surface area contributed by atoms with Gasteiger partial charge in [0.1, 0.15) is 5.75 Å². The first-order chi connectivity index (χ1) is 10.3. The van der Waals surface area contributed by atoms with Crippen LogP contribution < -0.4 is 14.8 Å². The molecule has 1 aromatic rings. The van der Waals surface area contributed by atoms with Gasteiger partial charge in [0.25, 0.3) is 0 Å². The number of fused-ring (bicyclic) bond motifs is 1. The van der Waals surface area contributed by atoms with Gasteiger partial charge in [0, 0.05) is 6.54 Å². The van der Waals surface area contributed by atoms with E-state index in [9.17, 15) is 13.2 Å². The topological polar surface area (TPSA) is 81.7 Å². The molecule has 1 atom stereocenters. The van der Waals surface area contributed by atoms with Crippen LogP contribution in [-0.4, -0.2) is 32.1 Å². The molecule has 0 saturated carbocycles. The van der Waals surface area contributed by atoms with Crippen LogP contribution in [-0.2, 0) is 21.2 Å². The maximum Gasteiger partial charge on any atom is 0.235 e. The summed E-state index contributed by atoms with van der Waals surface area (Å²) in [6.07, 6.45) is 0. The van der Waals surface area contributed by atoms with Crippen LogP contribution in [0.25, 0.3) is 0 Å². The Bertz CT molecular complexity index is 654. The summed E-state index contributed by atoms with van der Waals surface area (Å²) in [5, 5.41) is 2.09. The van der Waals surface area contributed by atoms with Crippen molar-refractivity contribution in [2.24, 2.45) is 5.92 Å². The Balaban J connectivity index is 1.90. The Kier molecular flexibility index (Phi) is 4.95. The second-order valence-electron chi connectivity index (χ2n) is 5.72. The largest absolute Gasteiger partial charge is 0.454 e. The molecule has 22 heavy (non-hydrogen) atoms. The van der Waals surface area contributed by atoms with Gasteiger partial charge in [0.05, 0.1) is 5.25 Å². The third-order valence-electron chi connectivity index (χ3n) is 3.76. The van der Waals surface area contributed by atoms with Crippen molar-refractivity contribution in [3.63, 3.8) is 0 Å². The molecule has 0 radical (unpaired) electrons. The van der Waals surface area contributed by atoms with Gasteiger partial charge in [-0.2, -0.15) is 0 Å². The zero-order valence-corrected chi connectivity index (χ0v) is 13.8. The number of benzene rings is 1. The zero-order chi connectivity index (χ0) is 16.3. The molecule has 1 aromatic carbocycles. The summed E-state index contributed by atoms with van der Waals surface area (Å²) in [7, 11) is -3.43. The van der Waals surface area contributed by atoms with Crippen LogP contribution in [0.3, 0.4) is 0 Å². The highest BCUT2D eigenvalue weighted by atomic mass is 32.2. The summed E-state index contributed by atoms with van der Waals surface area (Å²) in [6, 6.07) is 5.34. The van der Waals surface area contributed by atoms with E-state index in [1.54, 1.807) is 25.1 Å². The minimum atomic E-state index is -3.43. The second-order valence-corrected chi connectivity index (χ2v) is 8.08. The quantitative estimate of drug-likeness (QED) is 0.856. The number of amides is 1. The van der Waals surface area contributed by atoms with Crippen LogP contribution in [0.2, 0.25) is 0 Å². The number of rotatable bonds is 6. The van der Waals surface area contributed by atoms with Gasteiger partial charge >= 0.3 is 0 Å². The van der Waals surface area contributed by atoms with Crippen LogP contribution in [0.4, 0.5) is 0 Å². The molecule has 2 rings (SSSR count). The van der Waals surface area contributed by atoms with E-state index in [0.717, 1.165) is 5.56 Å². The summed E-state index contributed by atoms with van der Waals surface area (Å²) in [5.41, 5.74) is 0.826. The molecule has 0 unspecified atom stereocenters. The van der Waals surface area contributed by atoms with Crippen molar-refractivity contribution in [2.45, 2.75) is 32.6 Å². The fourth-order valence-electron chi connectivity index (χ4n) is 2.03. The fourth-order valence-corrected chi connectivity index (χ4v) is 3.59. The van der Waals surface area contributed by atoms with Gasteiger partial charge in [-0.25, -0.2) is 8.42 Å². The lowest BCUT2D eigenvalue weighted by atomic mass is 10.2. The number of carbonyl (C=O) groups excluding carboxylic acids is 1. The maximum atomic E-state index is 12.0. The Morgan fingerprint density at radius 2 is 1.91 bits per heavy atom. The minimum absolute atomic E-state index is 0.0216. The Hall–Kier alpha value is -1.76. The SMILES string of the molecule is CC(C)[C@@H](C)S(=O)(=O)CC(=O)NCc1ccc2c(c1)OCO2. The second kappa shape index (κ2) is 6.56. The molecule has 1 N–H and O–H groups in total. The highest BCUT2D eigenvalue weighted by Crippen LogP contribution is 2.32. The minimum Gasteiger partial charge on any atom is -0.454 e. The summed E-state index contributed by atoms with van der Waals surface area (Å²) in [6.45, 7) is 5.72. The van der Waals surface area contributed by atoms with E-state index >= 15 is 0 Å². The van der Waals surface area contributed by atoms with Crippen molar-refractivity contribution in [3.8, 4) is 11.5 Å². The molecule has 0 fully saturated rings. The summed E-state index contributed by atoms with van der Waals surface area (Å²) in [5.74, 6) is 0.296. The molecule has 7 heteroatoms. The number of carbonyl (C=O) groups is 1. The van der Waals surface area contributed by atoms with E-state index in [2.05, 4.69) is 5.32 Å². The van der Waals surface area contributed by atoms with Gasteiger partial charge in [-0.3, -0.25) is 4.79 Å². The van der Waals surface area contributed by atoms with Crippen LogP contribution in [0.5, 0.6) is 11.5 Å². The first kappa shape index (κ1) is 16.6. The highest BCUT2D eigenvalue weighted by Gasteiger charge is 2.26. The lowest BCUT2D eigenvalue weighted by Gasteiger charge is -2.16. The van der Waals surface area contributed by atoms with Crippen molar-refractivity contribution < 1.29 is 22.7 Å². The first-order valence-electron chi connectivity index (χ1n) is 7.16. The third kappa shape index (κ3) is 3.91. The summed E-state index contributed by atoms with van der Waals surface area (Å²) in [4.78, 5) is 11.8. The Morgan fingerprint density at radius 1 is 1.23 bits per heavy atom. The number of hydrogen-bond acceptors (Lipinski definition) is 5. The van der Waals surface area contributed by atoms with Crippen molar-refractivity contribution >= 4 is 15.7 Å². The average molecular weight is 327 g/mol. The van der Waals surface area contributed by atoms with Crippen molar-refractivity contribution in [2.75, 3.05) is 12.5 Å². The molecule has 0 bridgehead atoms. The lowest BCUT2D eigenvalue weighted by Crippen LogP contribution is -2.35. The molecule has 6 nitrogen and oxygen atoms in total. The van der Waals surface area contributed by atoms with Crippen molar-refractivity contribution in [3.05, 3.63) is 23.8 Å². The Morgan fingerprint density at radius 3 is 2.59 bits per heavy atom. The normalized spacial score (nSPS) is 14.9. The number of ether oxygens (including phenoxy) is 2. The maximum absolute atomic E-state index is 12.0. The molecular weight excluding hydrogens is 306 g/mol. The van der Waals surface area contributed by atoms with E-state index in [0.29, 0.717) is 11.5 Å². The van der Waals surface area contributed by atoms with E-state index < -0.39 is 26.7 Å². The smallest absolute Gasteiger partial charge is 0.235 e. The highest BCUT2D eigenvalue weighted by molar-refractivity contribution is 7.92. The Labute approximate surface area is 130 Å². The van der Waals surface area contributed by atoms with Gasteiger partial charge in [-0.05, 0) is 30.5 Å². The number of hydrogen-bond donors (Lipinski definition) is 1. The molecular formula is C15H21NO5S. The average Bonchev–Trinajstić information content (AvgIpc) is 2.91. The van der Waals surface area contributed by atoms with E-state index in [1.165, 1.54) is 0 Å². The number of sulfone groups is 1. The van der Waals surface area contributed by atoms with Gasteiger partial charge in [0.2, 0.25) is 12.7 Å². The van der Waals surface area contributed by atoms with E-state index in [1.807, 2.05) is 13.8 Å². The molecule has 0 saturated heterocycles. The van der Waals surface area contributed by atoms with E-state index in [4.69, 9.17) is 9.47 Å². The van der Waals surface area contributed by atoms with Crippen LogP contribution in [0.1, 0.15) is 26.3 Å². The molecule has 1 aliphatic rings. The summed E-state index contributed by atoms with van der Waals surface area (Å²) < 4.78 is 34.6. The third-order valence-corrected chi connectivity index (χ3v) is 6.11. The molecule has 122 valence electrons. The van der Waals surface area contributed by atoms with Crippen molar-refractivity contribution in [1.29, 1.82) is 0 Å². The first-order valence-corrected chi connectivity index (χ1v) is 8.88. The van der Waals surface area contributed by atoms with Crippen LogP contribution in [0, 0.1) is 5.92 Å². The van der Waals surface area contributed by atoms with E-state index in [-0.39, 0.29) is 19.3 Å². The number of nitrogens with one attached hydrogen (secondary N) is 1. The molecule has 1 heterocycles. The molecule has 1 amide bonds.